The Morgan fingerprint density at radius 3 is 2.55 bits per heavy atom. The van der Waals surface area contributed by atoms with E-state index in [4.69, 9.17) is 10.2 Å². The van der Waals surface area contributed by atoms with Crippen molar-refractivity contribution in [2.75, 3.05) is 18.5 Å². The summed E-state index contributed by atoms with van der Waals surface area (Å²) in [4.78, 5) is 21.2. The number of carboxylic acids is 1. The van der Waals surface area contributed by atoms with Crippen LogP contribution in [0.25, 0.3) is 0 Å². The maximum atomic E-state index is 11.0. The molecule has 0 aliphatic heterocycles. The van der Waals surface area contributed by atoms with E-state index in [0.29, 0.717) is 6.54 Å². The molecule has 0 aromatic heterocycles. The third-order valence-electron chi connectivity index (χ3n) is 2.84. The highest BCUT2D eigenvalue weighted by Crippen LogP contribution is 2.22. The van der Waals surface area contributed by atoms with Crippen LogP contribution in [0.4, 0.5) is 11.4 Å². The van der Waals surface area contributed by atoms with Gasteiger partial charge in [0.1, 0.15) is 0 Å². The summed E-state index contributed by atoms with van der Waals surface area (Å²) in [5.41, 5.74) is 0.137. The van der Waals surface area contributed by atoms with Gasteiger partial charge in [0.05, 0.1) is 16.2 Å². The number of aliphatic hydroxyl groups excluding tert-OH is 1. The number of nitro benzene ring substituents is 1. The van der Waals surface area contributed by atoms with E-state index in [2.05, 4.69) is 5.32 Å². The highest BCUT2D eigenvalue weighted by atomic mass is 16.6. The van der Waals surface area contributed by atoms with Gasteiger partial charge in [0.15, 0.2) is 0 Å². The molecule has 0 saturated carbocycles. The van der Waals surface area contributed by atoms with E-state index in [0.717, 1.165) is 25.7 Å². The number of benzene rings is 1. The molecule has 0 spiro atoms. The van der Waals surface area contributed by atoms with Crippen molar-refractivity contribution in [2.24, 2.45) is 0 Å². The Balaban J connectivity index is 2.63. The second kappa shape index (κ2) is 8.11. The zero-order chi connectivity index (χ0) is 15.0. The fraction of sp³-hybridized carbons (Fsp3) is 0.462. The van der Waals surface area contributed by atoms with E-state index < -0.39 is 10.9 Å². The van der Waals surface area contributed by atoms with Gasteiger partial charge in [0, 0.05) is 25.3 Å². The van der Waals surface area contributed by atoms with Crippen LogP contribution in [0.3, 0.4) is 0 Å². The molecule has 0 atom stereocenters. The molecule has 0 amide bonds. The third kappa shape index (κ3) is 4.85. The van der Waals surface area contributed by atoms with Gasteiger partial charge in [0.25, 0.3) is 5.69 Å². The summed E-state index contributed by atoms with van der Waals surface area (Å²) in [6.45, 7) is 0.703. The van der Waals surface area contributed by atoms with Gasteiger partial charge in [-0.1, -0.05) is 12.8 Å². The van der Waals surface area contributed by atoms with Crippen LogP contribution in [0.15, 0.2) is 18.2 Å². The van der Waals surface area contributed by atoms with E-state index in [1.54, 1.807) is 0 Å². The number of hydrogen-bond donors (Lipinski definition) is 3. The number of unbranched alkanes of at least 4 members (excludes halogenated alkanes) is 3. The maximum absolute atomic E-state index is 11.0. The Kier molecular flexibility index (Phi) is 6.45. The van der Waals surface area contributed by atoms with Crippen LogP contribution in [0.5, 0.6) is 0 Å². The number of nitrogens with one attached hydrogen (secondary N) is 1. The Bertz CT molecular complexity index is 476. The minimum Gasteiger partial charge on any atom is -0.478 e. The third-order valence-corrected chi connectivity index (χ3v) is 2.84. The topological polar surface area (TPSA) is 113 Å². The lowest BCUT2D eigenvalue weighted by Gasteiger charge is -2.09. The van der Waals surface area contributed by atoms with Crippen LogP contribution in [-0.4, -0.2) is 34.3 Å². The molecular formula is C13H18N2O5. The Morgan fingerprint density at radius 1 is 1.25 bits per heavy atom. The second-order valence-electron chi connectivity index (χ2n) is 4.36. The SMILES string of the molecule is O=C(O)c1ccc([N+](=O)[O-])cc1NCCCCCCO. The van der Waals surface area contributed by atoms with Gasteiger partial charge in [0.2, 0.25) is 0 Å². The summed E-state index contributed by atoms with van der Waals surface area (Å²) in [6, 6.07) is 3.64. The molecule has 0 aliphatic rings. The van der Waals surface area contributed by atoms with Gasteiger partial charge in [-0.2, -0.15) is 0 Å². The first-order valence-corrected chi connectivity index (χ1v) is 6.42. The zero-order valence-electron chi connectivity index (χ0n) is 11.0. The van der Waals surface area contributed by atoms with Crippen LogP contribution in [0, 0.1) is 10.1 Å². The zero-order valence-corrected chi connectivity index (χ0v) is 11.0. The highest BCUT2D eigenvalue weighted by Gasteiger charge is 2.14. The minimum absolute atomic E-state index is 0.0194. The van der Waals surface area contributed by atoms with Crippen LogP contribution >= 0.6 is 0 Å². The van der Waals surface area contributed by atoms with Gasteiger partial charge in [-0.3, -0.25) is 10.1 Å². The number of non-ortho nitro benzene ring substituents is 1. The van der Waals surface area contributed by atoms with Gasteiger partial charge < -0.3 is 15.5 Å². The molecular weight excluding hydrogens is 264 g/mol. The van der Waals surface area contributed by atoms with E-state index >= 15 is 0 Å². The lowest BCUT2D eigenvalue weighted by molar-refractivity contribution is -0.384. The first-order chi connectivity index (χ1) is 9.56. The van der Waals surface area contributed by atoms with Crippen molar-refractivity contribution < 1.29 is 19.9 Å². The standard InChI is InChI=1S/C13H18N2O5/c16-8-4-2-1-3-7-14-12-9-10(15(19)20)5-6-11(12)13(17)18/h5-6,9,14,16H,1-4,7-8H2,(H,17,18). The molecule has 0 radical (unpaired) electrons. The second-order valence-corrected chi connectivity index (χ2v) is 4.36. The normalized spacial score (nSPS) is 10.2. The molecule has 0 bridgehead atoms. The summed E-state index contributed by atoms with van der Waals surface area (Å²) in [7, 11) is 0. The smallest absolute Gasteiger partial charge is 0.337 e. The van der Waals surface area contributed by atoms with Crippen molar-refractivity contribution >= 4 is 17.3 Å². The average molecular weight is 282 g/mol. The number of anilines is 1. The van der Waals surface area contributed by atoms with Crippen molar-refractivity contribution in [1.82, 2.24) is 0 Å². The van der Waals surface area contributed by atoms with Crippen molar-refractivity contribution in [1.29, 1.82) is 0 Å². The highest BCUT2D eigenvalue weighted by molar-refractivity contribution is 5.94. The molecule has 1 aromatic carbocycles. The fourth-order valence-corrected chi connectivity index (χ4v) is 1.79. The molecule has 20 heavy (non-hydrogen) atoms. The molecule has 0 heterocycles. The quantitative estimate of drug-likeness (QED) is 0.364. The molecule has 0 unspecified atom stereocenters. The summed E-state index contributed by atoms with van der Waals surface area (Å²) in [6.07, 6.45) is 3.36. The largest absolute Gasteiger partial charge is 0.478 e. The number of carboxylic acid groups (broad SMARTS) is 1. The first kappa shape index (κ1) is 15.9. The Hall–Kier alpha value is -2.15. The summed E-state index contributed by atoms with van der Waals surface area (Å²) >= 11 is 0. The molecule has 0 saturated heterocycles. The van der Waals surface area contributed by atoms with Crippen molar-refractivity contribution in [2.45, 2.75) is 25.7 Å². The molecule has 7 nitrogen and oxygen atoms in total. The average Bonchev–Trinajstić information content (AvgIpc) is 2.42. The maximum Gasteiger partial charge on any atom is 0.337 e. The van der Waals surface area contributed by atoms with Crippen LogP contribution in [0.2, 0.25) is 0 Å². The van der Waals surface area contributed by atoms with Gasteiger partial charge in [-0.25, -0.2) is 4.79 Å². The molecule has 1 aromatic rings. The molecule has 0 aliphatic carbocycles. The summed E-state index contributed by atoms with van der Waals surface area (Å²) in [5.74, 6) is -1.12. The predicted octanol–water partition coefficient (Wildman–Crippen LogP) is 2.26. The molecule has 7 heteroatoms. The monoisotopic (exact) mass is 282 g/mol. The van der Waals surface area contributed by atoms with E-state index in [9.17, 15) is 14.9 Å². The van der Waals surface area contributed by atoms with Crippen LogP contribution < -0.4 is 5.32 Å². The lowest BCUT2D eigenvalue weighted by atomic mass is 10.1. The number of aromatic carboxylic acids is 1. The number of carbonyl (C=O) groups is 1. The Labute approximate surface area is 116 Å². The van der Waals surface area contributed by atoms with Crippen molar-refractivity contribution in [3.63, 3.8) is 0 Å². The number of nitrogens with zero attached hydrogens (tertiary/aromatic N) is 1. The van der Waals surface area contributed by atoms with Crippen molar-refractivity contribution in [3.05, 3.63) is 33.9 Å². The van der Waals surface area contributed by atoms with Gasteiger partial charge >= 0.3 is 5.97 Å². The molecule has 1 rings (SSSR count). The number of nitro groups is 1. The van der Waals surface area contributed by atoms with Gasteiger partial charge in [-0.15, -0.1) is 0 Å². The van der Waals surface area contributed by atoms with Crippen molar-refractivity contribution in [3.8, 4) is 0 Å². The molecule has 110 valence electrons. The first-order valence-electron chi connectivity index (χ1n) is 6.42. The predicted molar refractivity (Wildman–Crippen MR) is 74.1 cm³/mol. The van der Waals surface area contributed by atoms with Crippen LogP contribution in [0.1, 0.15) is 36.0 Å². The fourth-order valence-electron chi connectivity index (χ4n) is 1.79. The van der Waals surface area contributed by atoms with E-state index in [1.807, 2.05) is 0 Å². The molecule has 3 N–H and O–H groups in total. The number of hydrogen-bond acceptors (Lipinski definition) is 5. The summed E-state index contributed by atoms with van der Waals surface area (Å²) < 4.78 is 0. The minimum atomic E-state index is -1.12. The Morgan fingerprint density at radius 2 is 1.95 bits per heavy atom. The van der Waals surface area contributed by atoms with Gasteiger partial charge in [-0.05, 0) is 18.9 Å². The van der Waals surface area contributed by atoms with Crippen LogP contribution in [-0.2, 0) is 0 Å². The van der Waals surface area contributed by atoms with E-state index in [-0.39, 0.29) is 23.5 Å². The number of aliphatic hydroxyl groups is 1. The lowest BCUT2D eigenvalue weighted by Crippen LogP contribution is -2.08. The number of rotatable bonds is 9. The van der Waals surface area contributed by atoms with E-state index in [1.165, 1.54) is 18.2 Å². The summed E-state index contributed by atoms with van der Waals surface area (Å²) in [5, 5.41) is 31.3. The molecule has 0 fully saturated rings.